The summed E-state index contributed by atoms with van der Waals surface area (Å²) < 4.78 is 8.20. The van der Waals surface area contributed by atoms with Crippen LogP contribution < -0.4 is 4.74 Å². The molecule has 1 aliphatic rings. The van der Waals surface area contributed by atoms with Crippen LogP contribution in [0.25, 0.3) is 11.2 Å². The number of thioether (sulfide) groups is 1. The molecule has 6 heteroatoms. The van der Waals surface area contributed by atoms with Crippen LogP contribution in [0, 0.1) is 4.77 Å². The Hall–Kier alpha value is -1.01. The summed E-state index contributed by atoms with van der Waals surface area (Å²) in [6, 6.07) is 4.30. The van der Waals surface area contributed by atoms with Gasteiger partial charge in [0, 0.05) is 17.4 Å². The first-order valence-electron chi connectivity index (χ1n) is 6.91. The lowest BCUT2D eigenvalue weighted by atomic mass is 9.95. The number of methoxy groups -OCH3 is 1. The first kappa shape index (κ1) is 13.9. The monoisotopic (exact) mass is 309 g/mol. The van der Waals surface area contributed by atoms with E-state index in [9.17, 15) is 0 Å². The Morgan fingerprint density at radius 2 is 2.30 bits per heavy atom. The minimum Gasteiger partial charge on any atom is -0.481 e. The van der Waals surface area contributed by atoms with Gasteiger partial charge in [0.25, 0.3) is 0 Å². The van der Waals surface area contributed by atoms with E-state index in [2.05, 4.69) is 20.8 Å². The third kappa shape index (κ3) is 2.46. The lowest BCUT2D eigenvalue weighted by molar-refractivity contribution is 0.361. The van der Waals surface area contributed by atoms with Crippen molar-refractivity contribution in [3.8, 4) is 5.88 Å². The molecule has 0 aliphatic heterocycles. The van der Waals surface area contributed by atoms with E-state index in [1.807, 2.05) is 23.9 Å². The number of nitrogens with one attached hydrogen (secondary N) is 1. The third-order valence-corrected chi connectivity index (χ3v) is 5.44. The van der Waals surface area contributed by atoms with E-state index in [0.717, 1.165) is 21.2 Å². The van der Waals surface area contributed by atoms with Gasteiger partial charge in [-0.15, -0.1) is 0 Å². The third-order valence-electron chi connectivity index (χ3n) is 4.04. The van der Waals surface area contributed by atoms with E-state index in [4.69, 9.17) is 17.0 Å². The maximum Gasteiger partial charge on any atom is 0.215 e. The molecule has 2 aromatic rings. The largest absolute Gasteiger partial charge is 0.481 e. The molecule has 2 heterocycles. The highest BCUT2D eigenvalue weighted by Crippen LogP contribution is 2.35. The summed E-state index contributed by atoms with van der Waals surface area (Å²) in [5, 5.41) is 0.728. The zero-order valence-corrected chi connectivity index (χ0v) is 13.4. The first-order chi connectivity index (χ1) is 9.72. The summed E-state index contributed by atoms with van der Waals surface area (Å²) in [6.45, 7) is 0. The number of fused-ring (bicyclic) bond motifs is 1. The van der Waals surface area contributed by atoms with Crippen LogP contribution in [-0.4, -0.2) is 33.2 Å². The summed E-state index contributed by atoms with van der Waals surface area (Å²) in [5.74, 6) is 0.637. The minimum absolute atomic E-state index is 0.446. The van der Waals surface area contributed by atoms with Gasteiger partial charge < -0.3 is 9.72 Å². The molecule has 0 amide bonds. The zero-order valence-electron chi connectivity index (χ0n) is 11.8. The highest BCUT2D eigenvalue weighted by molar-refractivity contribution is 7.99. The second-order valence-electron chi connectivity index (χ2n) is 5.20. The van der Waals surface area contributed by atoms with Gasteiger partial charge in [-0.3, -0.25) is 4.57 Å². The van der Waals surface area contributed by atoms with Gasteiger partial charge in [0.15, 0.2) is 10.4 Å². The van der Waals surface area contributed by atoms with E-state index < -0.39 is 0 Å². The van der Waals surface area contributed by atoms with Gasteiger partial charge in [-0.1, -0.05) is 6.42 Å². The van der Waals surface area contributed by atoms with Crippen molar-refractivity contribution in [1.29, 1.82) is 0 Å². The number of nitrogens with zero attached hydrogens (tertiary/aromatic N) is 2. The standard InChI is InChI=1S/C14H19N3OS2/c1-18-12-7-6-11-13(16-12)17(14(19)15-11)9-4-3-5-10(8-9)20-2/h6-7,9-10H,3-5,8H2,1-2H3,(H,15,19). The maximum atomic E-state index is 5.51. The SMILES string of the molecule is COc1ccc2[nH]c(=S)n(C3CCCC(SC)C3)c2n1. The van der Waals surface area contributed by atoms with Gasteiger partial charge in [-0.25, -0.2) is 0 Å². The summed E-state index contributed by atoms with van der Waals surface area (Å²) in [6.07, 6.45) is 7.11. The molecule has 0 saturated heterocycles. The Labute approximate surface area is 127 Å². The van der Waals surface area contributed by atoms with E-state index in [-0.39, 0.29) is 0 Å². The van der Waals surface area contributed by atoms with Crippen LogP contribution in [0.1, 0.15) is 31.7 Å². The minimum atomic E-state index is 0.446. The van der Waals surface area contributed by atoms with Gasteiger partial charge in [-0.2, -0.15) is 16.7 Å². The molecule has 3 rings (SSSR count). The van der Waals surface area contributed by atoms with Crippen LogP contribution in [0.2, 0.25) is 0 Å². The van der Waals surface area contributed by atoms with Gasteiger partial charge in [0.05, 0.1) is 12.6 Å². The second-order valence-corrected chi connectivity index (χ2v) is 6.73. The van der Waals surface area contributed by atoms with Crippen molar-refractivity contribution in [1.82, 2.24) is 14.5 Å². The summed E-state index contributed by atoms with van der Waals surface area (Å²) in [7, 11) is 1.64. The van der Waals surface area contributed by atoms with Gasteiger partial charge >= 0.3 is 0 Å². The van der Waals surface area contributed by atoms with Crippen LogP contribution in [0.15, 0.2) is 12.1 Å². The van der Waals surface area contributed by atoms with E-state index >= 15 is 0 Å². The normalized spacial score (nSPS) is 23.1. The number of ether oxygens (including phenoxy) is 1. The van der Waals surface area contributed by atoms with Crippen molar-refractivity contribution >= 4 is 35.1 Å². The molecule has 1 N–H and O–H groups in total. The molecule has 1 saturated carbocycles. The average molecular weight is 309 g/mol. The summed E-state index contributed by atoms with van der Waals surface area (Å²) in [5.41, 5.74) is 1.91. The quantitative estimate of drug-likeness (QED) is 0.872. The molecule has 2 atom stereocenters. The van der Waals surface area contributed by atoms with Gasteiger partial charge in [-0.05, 0) is 43.8 Å². The summed E-state index contributed by atoms with van der Waals surface area (Å²) >= 11 is 7.47. The number of hydrogen-bond donors (Lipinski definition) is 1. The molecular formula is C14H19N3OS2. The predicted molar refractivity (Wildman–Crippen MR) is 86.3 cm³/mol. The highest BCUT2D eigenvalue weighted by atomic mass is 32.2. The zero-order chi connectivity index (χ0) is 14.1. The fraction of sp³-hybridized carbons (Fsp3) is 0.571. The van der Waals surface area contributed by atoms with Gasteiger partial charge in [0.1, 0.15) is 0 Å². The van der Waals surface area contributed by atoms with Crippen LogP contribution in [0.4, 0.5) is 0 Å². The molecule has 2 aromatic heterocycles. The number of H-pyrrole nitrogens is 1. The Bertz CT molecular complexity index is 664. The van der Waals surface area contributed by atoms with Crippen molar-refractivity contribution in [3.63, 3.8) is 0 Å². The molecule has 0 bridgehead atoms. The lowest BCUT2D eigenvalue weighted by Crippen LogP contribution is -2.21. The number of imidazole rings is 1. The Morgan fingerprint density at radius 3 is 3.05 bits per heavy atom. The summed E-state index contributed by atoms with van der Waals surface area (Å²) in [4.78, 5) is 7.84. The van der Waals surface area contributed by atoms with Gasteiger partial charge in [0.2, 0.25) is 5.88 Å². The van der Waals surface area contributed by atoms with E-state index in [1.165, 1.54) is 25.7 Å². The molecule has 2 unspecified atom stereocenters. The fourth-order valence-electron chi connectivity index (χ4n) is 3.01. The molecule has 1 fully saturated rings. The predicted octanol–water partition coefficient (Wildman–Crippen LogP) is 3.95. The number of aromatic amines is 1. The molecule has 1 aliphatic carbocycles. The maximum absolute atomic E-state index is 5.51. The molecule has 0 spiro atoms. The van der Waals surface area contributed by atoms with Crippen molar-refractivity contribution < 1.29 is 4.74 Å². The first-order valence-corrected chi connectivity index (χ1v) is 8.60. The Balaban J connectivity index is 2.05. The Morgan fingerprint density at radius 1 is 1.45 bits per heavy atom. The number of pyridine rings is 1. The second kappa shape index (κ2) is 5.77. The topological polar surface area (TPSA) is 42.8 Å². The van der Waals surface area contributed by atoms with Crippen LogP contribution in [0.3, 0.4) is 0 Å². The van der Waals surface area contributed by atoms with E-state index in [1.54, 1.807) is 7.11 Å². The lowest BCUT2D eigenvalue weighted by Gasteiger charge is -2.29. The molecule has 0 aromatic carbocycles. The van der Waals surface area contributed by atoms with E-state index in [0.29, 0.717) is 11.9 Å². The van der Waals surface area contributed by atoms with Crippen molar-refractivity contribution in [2.24, 2.45) is 0 Å². The number of rotatable bonds is 3. The van der Waals surface area contributed by atoms with Crippen LogP contribution >= 0.6 is 24.0 Å². The molecule has 20 heavy (non-hydrogen) atoms. The van der Waals surface area contributed by atoms with Crippen molar-refractivity contribution in [2.45, 2.75) is 37.0 Å². The van der Waals surface area contributed by atoms with Crippen molar-refractivity contribution in [2.75, 3.05) is 13.4 Å². The molecule has 4 nitrogen and oxygen atoms in total. The highest BCUT2D eigenvalue weighted by Gasteiger charge is 2.25. The fourth-order valence-corrected chi connectivity index (χ4v) is 4.17. The molecular weight excluding hydrogens is 290 g/mol. The molecule has 108 valence electrons. The smallest absolute Gasteiger partial charge is 0.215 e. The molecule has 0 radical (unpaired) electrons. The van der Waals surface area contributed by atoms with Crippen molar-refractivity contribution in [3.05, 3.63) is 16.9 Å². The number of aromatic nitrogens is 3. The van der Waals surface area contributed by atoms with Crippen LogP contribution in [-0.2, 0) is 0 Å². The number of hydrogen-bond acceptors (Lipinski definition) is 4. The average Bonchev–Trinajstić information content (AvgIpc) is 2.82. The Kier molecular flexibility index (Phi) is 4.03. The van der Waals surface area contributed by atoms with Crippen LogP contribution in [0.5, 0.6) is 5.88 Å².